The first-order chi connectivity index (χ1) is 12.0. The second kappa shape index (κ2) is 7.14. The van der Waals surface area contributed by atoms with E-state index in [1.807, 2.05) is 36.5 Å². The summed E-state index contributed by atoms with van der Waals surface area (Å²) >= 11 is 5.91. The molecule has 1 aromatic heterocycles. The summed E-state index contributed by atoms with van der Waals surface area (Å²) in [5, 5.41) is 14.8. The fourth-order valence-electron chi connectivity index (χ4n) is 2.18. The average molecular weight is 358 g/mol. The quantitative estimate of drug-likeness (QED) is 0.394. The summed E-state index contributed by atoms with van der Waals surface area (Å²) in [6, 6.07) is 12.8. The Morgan fingerprint density at radius 2 is 2.00 bits per heavy atom. The minimum Gasteiger partial charge on any atom is -0.457 e. The van der Waals surface area contributed by atoms with Crippen molar-refractivity contribution >= 4 is 23.3 Å². The number of hydrogen-bond acceptors (Lipinski definition) is 5. The Bertz CT molecular complexity index is 908. The lowest BCUT2D eigenvalue weighted by Gasteiger charge is -2.07. The summed E-state index contributed by atoms with van der Waals surface area (Å²) in [6.07, 6.45) is 3.51. The molecule has 0 fully saturated rings. The van der Waals surface area contributed by atoms with Crippen molar-refractivity contribution in [1.29, 1.82) is 0 Å². The van der Waals surface area contributed by atoms with Crippen LogP contribution >= 0.6 is 11.6 Å². The van der Waals surface area contributed by atoms with E-state index in [4.69, 9.17) is 16.3 Å². The van der Waals surface area contributed by atoms with E-state index in [1.165, 1.54) is 12.1 Å². The molecule has 0 aliphatic rings. The van der Waals surface area contributed by atoms with Crippen LogP contribution in [0.1, 0.15) is 15.9 Å². The van der Waals surface area contributed by atoms with Gasteiger partial charge in [-0.15, -0.1) is 0 Å². The minimum atomic E-state index is -0.643. The summed E-state index contributed by atoms with van der Waals surface area (Å²) in [4.78, 5) is 22.2. The van der Waals surface area contributed by atoms with E-state index in [9.17, 15) is 14.9 Å². The zero-order valence-corrected chi connectivity index (χ0v) is 13.6. The number of carbonyl (C=O) groups excluding carboxylic acids is 1. The molecule has 0 atom stereocenters. The Kier molecular flexibility index (Phi) is 4.76. The summed E-state index contributed by atoms with van der Waals surface area (Å²) < 4.78 is 6.92. The van der Waals surface area contributed by atoms with E-state index in [0.717, 1.165) is 17.3 Å². The van der Waals surface area contributed by atoms with Gasteiger partial charge in [-0.05, 0) is 29.8 Å². The van der Waals surface area contributed by atoms with Crippen LogP contribution < -0.4 is 0 Å². The van der Waals surface area contributed by atoms with Gasteiger partial charge < -0.3 is 4.74 Å². The molecule has 0 aliphatic heterocycles. The number of rotatable bonds is 5. The molecule has 0 spiro atoms. The van der Waals surface area contributed by atoms with E-state index in [1.54, 1.807) is 10.9 Å². The molecule has 0 unspecified atom stereocenters. The van der Waals surface area contributed by atoms with Crippen LogP contribution in [-0.2, 0) is 11.3 Å². The number of halogens is 1. The van der Waals surface area contributed by atoms with Crippen molar-refractivity contribution in [3.05, 3.63) is 87.2 Å². The Balaban J connectivity index is 1.65. The number of nitrogens with zero attached hydrogens (tertiary/aromatic N) is 3. The maximum absolute atomic E-state index is 12.1. The fourth-order valence-corrected chi connectivity index (χ4v) is 2.43. The molecule has 3 aromatic rings. The maximum Gasteiger partial charge on any atom is 0.339 e. The van der Waals surface area contributed by atoms with Gasteiger partial charge in [-0.3, -0.25) is 10.1 Å². The number of esters is 1. The number of nitro benzene ring substituents is 1. The molecule has 8 heteroatoms. The third-order valence-electron chi connectivity index (χ3n) is 3.46. The predicted molar refractivity (Wildman–Crippen MR) is 90.8 cm³/mol. The van der Waals surface area contributed by atoms with Crippen molar-refractivity contribution in [3.8, 4) is 5.69 Å². The van der Waals surface area contributed by atoms with E-state index in [0.29, 0.717) is 0 Å². The summed E-state index contributed by atoms with van der Waals surface area (Å²) in [5.41, 5.74) is 1.58. The number of hydrogen-bond donors (Lipinski definition) is 0. The van der Waals surface area contributed by atoms with Crippen LogP contribution in [0, 0.1) is 10.1 Å². The van der Waals surface area contributed by atoms with Crippen LogP contribution in [0.15, 0.2) is 60.9 Å². The van der Waals surface area contributed by atoms with Crippen LogP contribution in [0.25, 0.3) is 5.69 Å². The van der Waals surface area contributed by atoms with Crippen LogP contribution in [0.3, 0.4) is 0 Å². The third-order valence-corrected chi connectivity index (χ3v) is 3.77. The molecule has 0 N–H and O–H groups in total. The van der Waals surface area contributed by atoms with Crippen molar-refractivity contribution in [1.82, 2.24) is 9.78 Å². The number of ether oxygens (including phenoxy) is 1. The number of benzene rings is 2. The van der Waals surface area contributed by atoms with Crippen molar-refractivity contribution in [2.45, 2.75) is 6.61 Å². The van der Waals surface area contributed by atoms with Crippen molar-refractivity contribution in [3.63, 3.8) is 0 Å². The van der Waals surface area contributed by atoms with Crippen LogP contribution in [0.5, 0.6) is 0 Å². The van der Waals surface area contributed by atoms with Gasteiger partial charge in [0.1, 0.15) is 6.61 Å². The van der Waals surface area contributed by atoms with E-state index < -0.39 is 10.9 Å². The van der Waals surface area contributed by atoms with Gasteiger partial charge in [-0.2, -0.15) is 5.10 Å². The second-order valence-corrected chi connectivity index (χ2v) is 5.52. The largest absolute Gasteiger partial charge is 0.457 e. The first-order valence-corrected chi connectivity index (χ1v) is 7.62. The molecule has 0 saturated carbocycles. The molecule has 7 nitrogen and oxygen atoms in total. The minimum absolute atomic E-state index is 0.0202. The molecule has 3 rings (SSSR count). The Hall–Kier alpha value is -3.19. The van der Waals surface area contributed by atoms with E-state index >= 15 is 0 Å². The smallest absolute Gasteiger partial charge is 0.339 e. The number of non-ortho nitro benzene ring substituents is 1. The highest BCUT2D eigenvalue weighted by atomic mass is 35.5. The Morgan fingerprint density at radius 1 is 1.24 bits per heavy atom. The molecule has 0 bridgehead atoms. The normalized spacial score (nSPS) is 10.4. The standard InChI is InChI=1S/C17H12ClN3O4/c18-16-10-14(21(23)24)6-7-15(16)17(22)25-11-12-2-4-13(5-3-12)20-9-1-8-19-20/h1-10H,11H2. The Labute approximate surface area is 147 Å². The lowest BCUT2D eigenvalue weighted by Crippen LogP contribution is -2.06. The lowest BCUT2D eigenvalue weighted by atomic mass is 10.2. The highest BCUT2D eigenvalue weighted by Gasteiger charge is 2.16. The highest BCUT2D eigenvalue weighted by Crippen LogP contribution is 2.23. The van der Waals surface area contributed by atoms with Gasteiger partial charge >= 0.3 is 5.97 Å². The maximum atomic E-state index is 12.1. The van der Waals surface area contributed by atoms with Crippen LogP contribution in [0.4, 0.5) is 5.69 Å². The molecule has 0 amide bonds. The average Bonchev–Trinajstić information content (AvgIpc) is 3.14. The van der Waals surface area contributed by atoms with Gasteiger partial charge in [0.25, 0.3) is 5.69 Å². The van der Waals surface area contributed by atoms with Crippen LogP contribution in [0.2, 0.25) is 5.02 Å². The van der Waals surface area contributed by atoms with Gasteiger partial charge in [0.05, 0.1) is 21.2 Å². The number of nitro groups is 1. The zero-order chi connectivity index (χ0) is 17.8. The monoisotopic (exact) mass is 357 g/mol. The molecule has 25 heavy (non-hydrogen) atoms. The molecule has 1 heterocycles. The van der Waals surface area contributed by atoms with Gasteiger partial charge in [0.2, 0.25) is 0 Å². The van der Waals surface area contributed by atoms with Gasteiger partial charge in [-0.1, -0.05) is 23.7 Å². The van der Waals surface area contributed by atoms with E-state index in [-0.39, 0.29) is 22.9 Å². The predicted octanol–water partition coefficient (Wildman–Crippen LogP) is 3.79. The van der Waals surface area contributed by atoms with Gasteiger partial charge in [0, 0.05) is 24.5 Å². The van der Waals surface area contributed by atoms with Crippen molar-refractivity contribution < 1.29 is 14.5 Å². The molecule has 126 valence electrons. The molecular weight excluding hydrogens is 346 g/mol. The Morgan fingerprint density at radius 3 is 2.60 bits per heavy atom. The highest BCUT2D eigenvalue weighted by molar-refractivity contribution is 6.33. The van der Waals surface area contributed by atoms with E-state index in [2.05, 4.69) is 5.10 Å². The first kappa shape index (κ1) is 16.7. The lowest BCUT2D eigenvalue weighted by molar-refractivity contribution is -0.384. The first-order valence-electron chi connectivity index (χ1n) is 7.24. The second-order valence-electron chi connectivity index (χ2n) is 5.11. The summed E-state index contributed by atoms with van der Waals surface area (Å²) in [5.74, 6) is -0.643. The topological polar surface area (TPSA) is 87.3 Å². The molecule has 0 radical (unpaired) electrons. The zero-order valence-electron chi connectivity index (χ0n) is 12.8. The number of aromatic nitrogens is 2. The molecule has 0 saturated heterocycles. The summed E-state index contributed by atoms with van der Waals surface area (Å²) in [6.45, 7) is 0.0610. The molecular formula is C17H12ClN3O4. The molecule has 2 aromatic carbocycles. The SMILES string of the molecule is O=C(OCc1ccc(-n2cccn2)cc1)c1ccc([N+](=O)[O-])cc1Cl. The van der Waals surface area contributed by atoms with Crippen molar-refractivity contribution in [2.75, 3.05) is 0 Å². The van der Waals surface area contributed by atoms with Gasteiger partial charge in [-0.25, -0.2) is 9.48 Å². The third kappa shape index (κ3) is 3.84. The summed E-state index contributed by atoms with van der Waals surface area (Å²) in [7, 11) is 0. The molecule has 0 aliphatic carbocycles. The van der Waals surface area contributed by atoms with Crippen LogP contribution in [-0.4, -0.2) is 20.7 Å². The van der Waals surface area contributed by atoms with Crippen molar-refractivity contribution in [2.24, 2.45) is 0 Å². The fraction of sp³-hybridized carbons (Fsp3) is 0.0588. The van der Waals surface area contributed by atoms with Gasteiger partial charge in [0.15, 0.2) is 0 Å². The number of carbonyl (C=O) groups is 1.